The average Bonchev–Trinajstić information content (AvgIpc) is 3.04. The molecule has 35 heavy (non-hydrogen) atoms. The number of pyridine rings is 1. The molecule has 1 saturated carbocycles. The number of nitrogens with one attached hydrogen (secondary N) is 2. The Hall–Kier alpha value is -2.65. The first-order valence-electron chi connectivity index (χ1n) is 12.4. The summed E-state index contributed by atoms with van der Waals surface area (Å²) in [7, 11) is 0. The van der Waals surface area contributed by atoms with Crippen molar-refractivity contribution in [3.8, 4) is 0 Å². The number of halogens is 3. The van der Waals surface area contributed by atoms with Crippen molar-refractivity contribution in [2.45, 2.75) is 63.2 Å². The molecule has 1 amide bonds. The van der Waals surface area contributed by atoms with Gasteiger partial charge in [0.25, 0.3) is 0 Å². The van der Waals surface area contributed by atoms with E-state index in [1.165, 1.54) is 0 Å². The van der Waals surface area contributed by atoms with Crippen LogP contribution in [0.2, 0.25) is 0 Å². The number of benzene rings is 1. The maximum atomic E-state index is 13.8. The van der Waals surface area contributed by atoms with Crippen LogP contribution in [0.25, 0.3) is 0 Å². The molecule has 188 valence electrons. The Kier molecular flexibility index (Phi) is 6.98. The maximum Gasteiger partial charge on any atom is 0.401 e. The monoisotopic (exact) mass is 488 g/mol. The summed E-state index contributed by atoms with van der Waals surface area (Å²) in [5.41, 5.74) is 3.74. The summed E-state index contributed by atoms with van der Waals surface area (Å²) in [5.74, 6) is 0.838. The number of rotatable bonds is 4. The summed E-state index contributed by atoms with van der Waals surface area (Å²) in [6.07, 6.45) is 1.84. The zero-order valence-electron chi connectivity index (χ0n) is 19.6. The van der Waals surface area contributed by atoms with Crippen molar-refractivity contribution >= 4 is 23.1 Å². The number of hydrogen-bond acceptors (Lipinski definition) is 5. The highest BCUT2D eigenvalue weighted by Crippen LogP contribution is 2.40. The van der Waals surface area contributed by atoms with Gasteiger partial charge in [-0.15, -0.1) is 0 Å². The van der Waals surface area contributed by atoms with E-state index in [0.717, 1.165) is 47.8 Å². The molecule has 2 aliphatic heterocycles. The van der Waals surface area contributed by atoms with Crippen molar-refractivity contribution in [3.63, 3.8) is 0 Å². The van der Waals surface area contributed by atoms with Gasteiger partial charge in [-0.3, -0.25) is 4.79 Å². The lowest BCUT2D eigenvalue weighted by Crippen LogP contribution is -2.42. The minimum Gasteiger partial charge on any atom is -0.381 e. The Labute approximate surface area is 203 Å². The zero-order chi connectivity index (χ0) is 24.4. The number of hydrogen-bond donors (Lipinski definition) is 2. The lowest BCUT2D eigenvalue weighted by atomic mass is 9.84. The van der Waals surface area contributed by atoms with Gasteiger partial charge >= 0.3 is 6.18 Å². The fourth-order valence-electron chi connectivity index (χ4n) is 5.42. The summed E-state index contributed by atoms with van der Waals surface area (Å²) in [5, 5.41) is 6.01. The molecule has 2 N–H and O–H groups in total. The Balaban J connectivity index is 1.38. The zero-order valence-corrected chi connectivity index (χ0v) is 19.6. The fraction of sp³-hybridized carbons (Fsp3) is 0.538. The minimum absolute atomic E-state index is 0.0241. The van der Waals surface area contributed by atoms with E-state index in [1.54, 1.807) is 6.20 Å². The number of carbonyl (C=O) groups excluding carboxylic acids is 1. The largest absolute Gasteiger partial charge is 0.401 e. The molecule has 0 unspecified atom stereocenters. The third-order valence-corrected chi connectivity index (χ3v) is 7.35. The minimum atomic E-state index is -4.22. The summed E-state index contributed by atoms with van der Waals surface area (Å²) in [4.78, 5) is 20.2. The van der Waals surface area contributed by atoms with E-state index in [4.69, 9.17) is 4.74 Å². The second kappa shape index (κ2) is 10.1. The molecule has 9 heteroatoms. The molecule has 2 aromatic rings. The Morgan fingerprint density at radius 2 is 2.00 bits per heavy atom. The highest BCUT2D eigenvalue weighted by atomic mass is 19.4. The molecule has 1 aliphatic carbocycles. The number of anilines is 3. The number of nitrogens with zero attached hydrogens (tertiary/aromatic N) is 2. The van der Waals surface area contributed by atoms with Crippen LogP contribution in [-0.2, 0) is 16.1 Å². The van der Waals surface area contributed by atoms with Gasteiger partial charge in [-0.05, 0) is 62.3 Å². The standard InChI is InChI=1S/C26H31F3N4O2/c27-26(28,29)16-31-21-8-5-17(6-9-21)25(34)33-14-19-3-1-11-30-24(19)32-22-10-7-18(13-23(22)33)20-4-2-12-35-15-20/h1,3,7,10-11,13,17,20-21,31H,2,4-6,8-9,12,14-16H2,(H,30,32)/t17-,20-,21-/m0/s1. The number of ether oxygens (including phenoxy) is 1. The summed E-state index contributed by atoms with van der Waals surface area (Å²) < 4.78 is 43.4. The van der Waals surface area contributed by atoms with Crippen LogP contribution >= 0.6 is 0 Å². The molecule has 6 nitrogen and oxygen atoms in total. The lowest BCUT2D eigenvalue weighted by Gasteiger charge is -2.33. The van der Waals surface area contributed by atoms with Gasteiger partial charge in [0, 0.05) is 36.2 Å². The molecule has 3 heterocycles. The van der Waals surface area contributed by atoms with Crippen LogP contribution in [0.4, 0.5) is 30.4 Å². The SMILES string of the molecule is O=C([C@H]1CC[C@H](NCC(F)(F)F)CC1)N1Cc2cccnc2Nc2ccc([C@H]3CCCOC3)cc21. The van der Waals surface area contributed by atoms with Gasteiger partial charge in [-0.1, -0.05) is 12.1 Å². The number of aromatic nitrogens is 1. The lowest BCUT2D eigenvalue weighted by molar-refractivity contribution is -0.128. The van der Waals surface area contributed by atoms with Gasteiger partial charge in [0.2, 0.25) is 5.91 Å². The van der Waals surface area contributed by atoms with Gasteiger partial charge in [0.05, 0.1) is 31.1 Å². The molecule has 1 atom stereocenters. The second-order valence-electron chi connectivity index (χ2n) is 9.80. The van der Waals surface area contributed by atoms with Crippen molar-refractivity contribution < 1.29 is 22.7 Å². The first-order chi connectivity index (χ1) is 16.9. The first kappa shape index (κ1) is 24.1. The summed E-state index contributed by atoms with van der Waals surface area (Å²) in [6, 6.07) is 9.83. The van der Waals surface area contributed by atoms with Crippen molar-refractivity contribution in [1.82, 2.24) is 10.3 Å². The predicted molar refractivity (Wildman–Crippen MR) is 128 cm³/mol. The van der Waals surface area contributed by atoms with Crippen LogP contribution in [0.3, 0.4) is 0 Å². The Morgan fingerprint density at radius 3 is 2.74 bits per heavy atom. The van der Waals surface area contributed by atoms with E-state index in [-0.39, 0.29) is 17.9 Å². The van der Waals surface area contributed by atoms with Crippen LogP contribution in [-0.4, -0.2) is 42.9 Å². The van der Waals surface area contributed by atoms with E-state index < -0.39 is 12.7 Å². The van der Waals surface area contributed by atoms with Crippen molar-refractivity contribution in [3.05, 3.63) is 47.7 Å². The number of amides is 1. The van der Waals surface area contributed by atoms with Crippen molar-refractivity contribution in [1.29, 1.82) is 0 Å². The summed E-state index contributed by atoms with van der Waals surface area (Å²) >= 11 is 0. The smallest absolute Gasteiger partial charge is 0.381 e. The second-order valence-corrected chi connectivity index (χ2v) is 9.80. The van der Waals surface area contributed by atoms with Gasteiger partial charge in [-0.2, -0.15) is 13.2 Å². The van der Waals surface area contributed by atoms with Crippen molar-refractivity contribution in [2.75, 3.05) is 30.0 Å². The molecule has 3 aliphatic rings. The molecule has 5 rings (SSSR count). The molecular weight excluding hydrogens is 457 g/mol. The highest BCUT2D eigenvalue weighted by molar-refractivity contribution is 5.99. The molecular formula is C26H31F3N4O2. The normalized spacial score (nSPS) is 24.7. The maximum absolute atomic E-state index is 13.8. The Bertz CT molecular complexity index is 1050. The van der Waals surface area contributed by atoms with Crippen LogP contribution < -0.4 is 15.5 Å². The molecule has 1 aromatic heterocycles. The molecule has 1 saturated heterocycles. The van der Waals surface area contributed by atoms with Crippen LogP contribution in [0.15, 0.2) is 36.5 Å². The molecule has 2 fully saturated rings. The quantitative estimate of drug-likeness (QED) is 0.613. The molecule has 0 radical (unpaired) electrons. The van der Waals surface area contributed by atoms with Gasteiger partial charge in [-0.25, -0.2) is 4.98 Å². The predicted octanol–water partition coefficient (Wildman–Crippen LogP) is 5.28. The first-order valence-corrected chi connectivity index (χ1v) is 12.4. The van der Waals surface area contributed by atoms with E-state index >= 15 is 0 Å². The van der Waals surface area contributed by atoms with Gasteiger partial charge in [0.1, 0.15) is 5.82 Å². The number of fused-ring (bicyclic) bond motifs is 2. The average molecular weight is 489 g/mol. The third-order valence-electron chi connectivity index (χ3n) is 7.35. The van der Waals surface area contributed by atoms with Crippen LogP contribution in [0, 0.1) is 5.92 Å². The molecule has 0 spiro atoms. The van der Waals surface area contributed by atoms with Crippen LogP contribution in [0.5, 0.6) is 0 Å². The van der Waals surface area contributed by atoms with E-state index in [1.807, 2.05) is 23.1 Å². The molecule has 1 aromatic carbocycles. The van der Waals surface area contributed by atoms with Crippen molar-refractivity contribution in [2.24, 2.45) is 5.92 Å². The third kappa shape index (κ3) is 5.62. The highest BCUT2D eigenvalue weighted by Gasteiger charge is 2.35. The van der Waals surface area contributed by atoms with Gasteiger partial charge in [0.15, 0.2) is 0 Å². The van der Waals surface area contributed by atoms with Crippen LogP contribution in [0.1, 0.15) is 55.6 Å². The molecule has 0 bridgehead atoms. The summed E-state index contributed by atoms with van der Waals surface area (Å²) in [6.45, 7) is 0.879. The Morgan fingerprint density at radius 1 is 1.17 bits per heavy atom. The number of alkyl halides is 3. The van der Waals surface area contributed by atoms with Gasteiger partial charge < -0.3 is 20.3 Å². The van der Waals surface area contributed by atoms with E-state index in [0.29, 0.717) is 44.8 Å². The fourth-order valence-corrected chi connectivity index (χ4v) is 5.42. The van der Waals surface area contributed by atoms with E-state index in [2.05, 4.69) is 27.8 Å². The van der Waals surface area contributed by atoms with E-state index in [9.17, 15) is 18.0 Å². The number of carbonyl (C=O) groups is 1. The topological polar surface area (TPSA) is 66.5 Å².